The van der Waals surface area contributed by atoms with Gasteiger partial charge >= 0.3 is 0 Å². The molecule has 76 valence electrons. The minimum absolute atomic E-state index is 0.266. The summed E-state index contributed by atoms with van der Waals surface area (Å²) in [6.07, 6.45) is 0.665. The van der Waals surface area contributed by atoms with E-state index < -0.39 is 0 Å². The minimum Gasteiger partial charge on any atom is -0.300 e. The maximum atomic E-state index is 10.8. The van der Waals surface area contributed by atoms with Crippen LogP contribution in [0.4, 0.5) is 0 Å². The van der Waals surface area contributed by atoms with E-state index in [-0.39, 0.29) is 5.78 Å². The summed E-state index contributed by atoms with van der Waals surface area (Å²) in [6, 6.07) is 6.43. The Bertz CT molecular complexity index is 331. The number of thioether (sulfide) groups is 1. The molecule has 1 aromatic carbocycles. The lowest BCUT2D eigenvalue weighted by Gasteiger charge is -2.05. The fraction of sp³-hybridized carbons (Fsp3) is 0.417. The van der Waals surface area contributed by atoms with E-state index >= 15 is 0 Å². The molecule has 0 unspecified atom stereocenters. The lowest BCUT2D eigenvalue weighted by molar-refractivity contribution is -0.116. The van der Waals surface area contributed by atoms with Crippen molar-refractivity contribution < 1.29 is 4.79 Å². The maximum absolute atomic E-state index is 10.8. The zero-order chi connectivity index (χ0) is 10.6. The molecule has 1 rings (SSSR count). The molecule has 0 radical (unpaired) electrons. The predicted octanol–water partition coefficient (Wildman–Crippen LogP) is 3.37. The van der Waals surface area contributed by atoms with Gasteiger partial charge in [-0.2, -0.15) is 0 Å². The van der Waals surface area contributed by atoms with Gasteiger partial charge < -0.3 is 0 Å². The molecular formula is C12H16OS. The van der Waals surface area contributed by atoms with Crippen LogP contribution < -0.4 is 0 Å². The number of hydrogen-bond acceptors (Lipinski definition) is 2. The van der Waals surface area contributed by atoms with Gasteiger partial charge in [0.15, 0.2) is 0 Å². The van der Waals surface area contributed by atoms with E-state index in [0.717, 1.165) is 5.75 Å². The molecule has 2 heteroatoms. The number of hydrogen-bond donors (Lipinski definition) is 0. The van der Waals surface area contributed by atoms with Crippen LogP contribution in [0.2, 0.25) is 0 Å². The number of rotatable bonds is 4. The van der Waals surface area contributed by atoms with E-state index in [1.54, 1.807) is 18.7 Å². The van der Waals surface area contributed by atoms with Gasteiger partial charge in [-0.25, -0.2) is 0 Å². The third-order valence-electron chi connectivity index (χ3n) is 2.04. The lowest BCUT2D eigenvalue weighted by atomic mass is 10.2. The Morgan fingerprint density at radius 1 is 1.36 bits per heavy atom. The monoisotopic (exact) mass is 208 g/mol. The van der Waals surface area contributed by atoms with Gasteiger partial charge in [0.25, 0.3) is 0 Å². The Kier molecular flexibility index (Phi) is 4.21. The van der Waals surface area contributed by atoms with Crippen LogP contribution >= 0.6 is 11.8 Å². The first-order valence-corrected chi connectivity index (χ1v) is 5.77. The molecule has 14 heavy (non-hydrogen) atoms. The van der Waals surface area contributed by atoms with Crippen LogP contribution in [0, 0.1) is 13.8 Å². The molecule has 0 aliphatic rings. The van der Waals surface area contributed by atoms with Crippen LogP contribution in [-0.4, -0.2) is 11.5 Å². The highest BCUT2D eigenvalue weighted by atomic mass is 32.2. The number of Topliss-reactive ketones (excluding diaryl/α,β-unsaturated/α-hetero) is 1. The van der Waals surface area contributed by atoms with Crippen molar-refractivity contribution in [1.29, 1.82) is 0 Å². The molecule has 0 aromatic heterocycles. The predicted molar refractivity (Wildman–Crippen MR) is 61.9 cm³/mol. The number of carbonyl (C=O) groups excluding carboxylic acids is 1. The normalized spacial score (nSPS) is 10.2. The quantitative estimate of drug-likeness (QED) is 0.706. The molecule has 0 saturated heterocycles. The molecule has 0 aliphatic heterocycles. The molecule has 0 amide bonds. The first-order valence-electron chi connectivity index (χ1n) is 4.79. The van der Waals surface area contributed by atoms with E-state index in [1.165, 1.54) is 16.0 Å². The standard InChI is InChI=1S/C12H16OS/c1-9-4-5-12(10(2)8-9)14-7-6-11(3)13/h4-5,8H,6-7H2,1-3H3. The van der Waals surface area contributed by atoms with E-state index in [4.69, 9.17) is 0 Å². The van der Waals surface area contributed by atoms with Gasteiger partial charge in [-0.3, -0.25) is 4.79 Å². The van der Waals surface area contributed by atoms with Crippen molar-refractivity contribution in [2.75, 3.05) is 5.75 Å². The second-order valence-electron chi connectivity index (χ2n) is 3.57. The third kappa shape index (κ3) is 3.54. The highest BCUT2D eigenvalue weighted by molar-refractivity contribution is 7.99. The summed E-state index contributed by atoms with van der Waals surface area (Å²) in [6.45, 7) is 5.85. The Labute approximate surface area is 89.9 Å². The zero-order valence-corrected chi connectivity index (χ0v) is 9.78. The average Bonchev–Trinajstić information content (AvgIpc) is 2.08. The summed E-state index contributed by atoms with van der Waals surface area (Å²) in [5, 5.41) is 0. The molecule has 0 fully saturated rings. The van der Waals surface area contributed by atoms with Crippen molar-refractivity contribution in [2.45, 2.75) is 32.1 Å². The Morgan fingerprint density at radius 3 is 2.64 bits per heavy atom. The second-order valence-corrected chi connectivity index (χ2v) is 4.71. The maximum Gasteiger partial charge on any atom is 0.130 e. The molecule has 0 N–H and O–H groups in total. The molecular weight excluding hydrogens is 192 g/mol. The fourth-order valence-corrected chi connectivity index (χ4v) is 2.33. The first kappa shape index (κ1) is 11.3. The van der Waals surface area contributed by atoms with Gasteiger partial charge in [-0.1, -0.05) is 17.7 Å². The lowest BCUT2D eigenvalue weighted by Crippen LogP contribution is -1.92. The largest absolute Gasteiger partial charge is 0.300 e. The topological polar surface area (TPSA) is 17.1 Å². The Morgan fingerprint density at radius 2 is 2.07 bits per heavy atom. The summed E-state index contributed by atoms with van der Waals surface area (Å²) in [7, 11) is 0. The van der Waals surface area contributed by atoms with Gasteiger partial charge in [0.05, 0.1) is 0 Å². The Balaban J connectivity index is 2.55. The number of benzene rings is 1. The number of carbonyl (C=O) groups is 1. The van der Waals surface area contributed by atoms with Crippen LogP contribution in [0.15, 0.2) is 23.1 Å². The van der Waals surface area contributed by atoms with Gasteiger partial charge in [0.2, 0.25) is 0 Å². The fourth-order valence-electron chi connectivity index (χ4n) is 1.27. The van der Waals surface area contributed by atoms with Crippen molar-refractivity contribution in [1.82, 2.24) is 0 Å². The summed E-state index contributed by atoms with van der Waals surface area (Å²) in [4.78, 5) is 12.0. The molecule has 0 atom stereocenters. The van der Waals surface area contributed by atoms with E-state index in [0.29, 0.717) is 6.42 Å². The van der Waals surface area contributed by atoms with Gasteiger partial charge in [0, 0.05) is 17.1 Å². The highest BCUT2D eigenvalue weighted by Crippen LogP contribution is 2.23. The summed E-state index contributed by atoms with van der Waals surface area (Å²) in [5.41, 5.74) is 2.59. The first-order chi connectivity index (χ1) is 6.59. The SMILES string of the molecule is CC(=O)CCSc1ccc(C)cc1C. The van der Waals surface area contributed by atoms with Gasteiger partial charge in [0.1, 0.15) is 5.78 Å². The molecule has 0 spiro atoms. The summed E-state index contributed by atoms with van der Waals surface area (Å²) in [5.74, 6) is 1.15. The molecule has 0 bridgehead atoms. The Hall–Kier alpha value is -0.760. The van der Waals surface area contributed by atoms with Gasteiger partial charge in [-0.15, -0.1) is 11.8 Å². The van der Waals surface area contributed by atoms with Crippen LogP contribution in [0.5, 0.6) is 0 Å². The number of aryl methyl sites for hydroxylation is 2. The highest BCUT2D eigenvalue weighted by Gasteiger charge is 2.00. The van der Waals surface area contributed by atoms with Crippen molar-refractivity contribution in [3.8, 4) is 0 Å². The zero-order valence-electron chi connectivity index (χ0n) is 8.96. The van der Waals surface area contributed by atoms with Crippen molar-refractivity contribution >= 4 is 17.5 Å². The van der Waals surface area contributed by atoms with Crippen LogP contribution in [0.1, 0.15) is 24.5 Å². The van der Waals surface area contributed by atoms with E-state index in [2.05, 4.69) is 32.0 Å². The molecule has 0 aliphatic carbocycles. The van der Waals surface area contributed by atoms with E-state index in [1.807, 2.05) is 0 Å². The second kappa shape index (κ2) is 5.20. The van der Waals surface area contributed by atoms with E-state index in [9.17, 15) is 4.79 Å². The van der Waals surface area contributed by atoms with Gasteiger partial charge in [-0.05, 0) is 32.4 Å². The molecule has 0 saturated carbocycles. The smallest absolute Gasteiger partial charge is 0.130 e. The van der Waals surface area contributed by atoms with Crippen LogP contribution in [-0.2, 0) is 4.79 Å². The minimum atomic E-state index is 0.266. The summed E-state index contributed by atoms with van der Waals surface area (Å²) >= 11 is 1.76. The third-order valence-corrected chi connectivity index (χ3v) is 3.22. The van der Waals surface area contributed by atoms with Crippen LogP contribution in [0.25, 0.3) is 0 Å². The summed E-state index contributed by atoms with van der Waals surface area (Å²) < 4.78 is 0. The average molecular weight is 208 g/mol. The molecule has 1 aromatic rings. The van der Waals surface area contributed by atoms with Crippen molar-refractivity contribution in [3.05, 3.63) is 29.3 Å². The molecule has 0 heterocycles. The van der Waals surface area contributed by atoms with Crippen molar-refractivity contribution in [3.63, 3.8) is 0 Å². The van der Waals surface area contributed by atoms with Crippen molar-refractivity contribution in [2.24, 2.45) is 0 Å². The molecule has 1 nitrogen and oxygen atoms in total. The van der Waals surface area contributed by atoms with Crippen LogP contribution in [0.3, 0.4) is 0 Å². The number of ketones is 1.